The smallest absolute Gasteiger partial charge is 0.387 e. The Morgan fingerprint density at radius 3 is 2.73 bits per heavy atom. The number of aromatic nitrogens is 4. The van der Waals surface area contributed by atoms with Crippen molar-refractivity contribution in [2.75, 3.05) is 5.73 Å². The van der Waals surface area contributed by atoms with Crippen molar-refractivity contribution in [1.82, 2.24) is 19.5 Å². The van der Waals surface area contributed by atoms with Crippen molar-refractivity contribution in [2.45, 2.75) is 50.4 Å². The average Bonchev–Trinajstić information content (AvgIpc) is 3.09. The molecule has 1 saturated heterocycles. The zero-order valence-corrected chi connectivity index (χ0v) is 14.7. The van der Waals surface area contributed by atoms with Crippen molar-refractivity contribution in [3.8, 4) is 0 Å². The predicted octanol–water partition coefficient (Wildman–Crippen LogP) is -0.694. The Kier molecular flexibility index (Phi) is 5.26. The van der Waals surface area contributed by atoms with Gasteiger partial charge in [-0.2, -0.15) is 0 Å². The van der Waals surface area contributed by atoms with Gasteiger partial charge < -0.3 is 30.5 Å². The zero-order valence-electron chi connectivity index (χ0n) is 13.8. The summed E-state index contributed by atoms with van der Waals surface area (Å²) in [7, 11) is -4.80. The number of imidazole rings is 1. The van der Waals surface area contributed by atoms with Gasteiger partial charge in [0.2, 0.25) is 0 Å². The Bertz CT molecular complexity index is 826. The molecule has 1 aliphatic rings. The highest BCUT2D eigenvalue weighted by atomic mass is 31.2. The Labute approximate surface area is 147 Å². The van der Waals surface area contributed by atoms with E-state index in [-0.39, 0.29) is 17.9 Å². The maximum atomic E-state index is 11.2. The molecule has 0 radical (unpaired) electrons. The van der Waals surface area contributed by atoms with Gasteiger partial charge in [0.05, 0.1) is 12.4 Å². The van der Waals surface area contributed by atoms with Crippen molar-refractivity contribution < 1.29 is 33.8 Å². The topological polar surface area (TPSA) is 186 Å². The Morgan fingerprint density at radius 2 is 2.08 bits per heavy atom. The van der Waals surface area contributed by atoms with E-state index in [1.54, 1.807) is 6.92 Å². The molecule has 0 aromatic carbocycles. The van der Waals surface area contributed by atoms with E-state index in [0.29, 0.717) is 11.9 Å². The number of phosphoric acid groups is 1. The monoisotopic (exact) mass is 389 g/mol. The molecule has 12 nitrogen and oxygen atoms in total. The van der Waals surface area contributed by atoms with Gasteiger partial charge in [-0.25, -0.2) is 19.5 Å². The number of nitrogen functional groups attached to an aromatic ring is 1. The molecule has 5 atom stereocenters. The normalized spacial score (nSPS) is 27.9. The minimum Gasteiger partial charge on any atom is -0.387 e. The summed E-state index contributed by atoms with van der Waals surface area (Å²) in [5, 5.41) is 20.7. The molecule has 0 saturated carbocycles. The molecule has 2 aromatic rings. The molecule has 144 valence electrons. The van der Waals surface area contributed by atoms with Gasteiger partial charge in [-0.05, 0) is 6.42 Å². The number of nitrogens with two attached hydrogens (primary N) is 1. The number of phosphoric ester groups is 1. The van der Waals surface area contributed by atoms with Crippen LogP contribution in [0.4, 0.5) is 5.82 Å². The lowest BCUT2D eigenvalue weighted by molar-refractivity contribution is -0.0829. The van der Waals surface area contributed by atoms with Crippen molar-refractivity contribution in [3.63, 3.8) is 0 Å². The molecule has 13 heteroatoms. The number of anilines is 1. The predicted molar refractivity (Wildman–Crippen MR) is 87.5 cm³/mol. The number of hydrogen-bond acceptors (Lipinski definition) is 9. The van der Waals surface area contributed by atoms with Gasteiger partial charge >= 0.3 is 7.82 Å². The summed E-state index contributed by atoms with van der Waals surface area (Å²) in [6, 6.07) is 0. The molecule has 1 aliphatic heterocycles. The highest BCUT2D eigenvalue weighted by molar-refractivity contribution is 7.46. The molecule has 2 aromatic heterocycles. The fourth-order valence-electron chi connectivity index (χ4n) is 3.02. The van der Waals surface area contributed by atoms with E-state index in [4.69, 9.17) is 24.8 Å². The lowest BCUT2D eigenvalue weighted by atomic mass is 10.0. The molecule has 0 aliphatic carbocycles. The summed E-state index contributed by atoms with van der Waals surface area (Å²) < 4.78 is 23.0. The number of rotatable bonds is 6. The van der Waals surface area contributed by atoms with Crippen LogP contribution in [0.3, 0.4) is 0 Å². The first kappa shape index (κ1) is 19.1. The van der Waals surface area contributed by atoms with Crippen molar-refractivity contribution >= 4 is 24.8 Å². The van der Waals surface area contributed by atoms with Crippen LogP contribution < -0.4 is 5.73 Å². The van der Waals surface area contributed by atoms with Crippen LogP contribution in [0.2, 0.25) is 0 Å². The zero-order chi connectivity index (χ0) is 19.1. The van der Waals surface area contributed by atoms with Gasteiger partial charge in [0.15, 0.2) is 17.7 Å². The van der Waals surface area contributed by atoms with E-state index in [1.807, 2.05) is 0 Å². The Hall–Kier alpha value is -1.66. The minimum absolute atomic E-state index is 0.145. The van der Waals surface area contributed by atoms with Gasteiger partial charge in [-0.15, -0.1) is 0 Å². The Morgan fingerprint density at radius 1 is 1.35 bits per heavy atom. The maximum Gasteiger partial charge on any atom is 0.469 e. The van der Waals surface area contributed by atoms with Crippen molar-refractivity contribution in [1.29, 1.82) is 0 Å². The SMILES string of the molecule is CCC[C@H](OP(=O)(O)O)[C@H]1OC(n2cnc3c(N)ncnc32)[C@H](O)[C@@H]1O. The molecule has 1 unspecified atom stereocenters. The molecule has 6 N–H and O–H groups in total. The second-order valence-corrected chi connectivity index (χ2v) is 7.17. The molecule has 3 rings (SSSR count). The quantitative estimate of drug-likeness (QED) is 0.393. The number of aliphatic hydroxyl groups excluding tert-OH is 2. The van der Waals surface area contributed by atoms with Gasteiger partial charge in [0, 0.05) is 0 Å². The Balaban J connectivity index is 1.91. The second-order valence-electron chi connectivity index (χ2n) is 5.98. The summed E-state index contributed by atoms with van der Waals surface area (Å²) in [4.78, 5) is 30.1. The van der Waals surface area contributed by atoms with Crippen LogP contribution in [0, 0.1) is 0 Å². The first-order chi connectivity index (χ1) is 12.2. The summed E-state index contributed by atoms with van der Waals surface area (Å²) in [5.74, 6) is 0.145. The lowest BCUT2D eigenvalue weighted by Gasteiger charge is -2.25. The van der Waals surface area contributed by atoms with Crippen LogP contribution in [-0.4, -0.2) is 63.9 Å². The summed E-state index contributed by atoms with van der Waals surface area (Å²) in [6.07, 6.45) is -2.88. The number of fused-ring (bicyclic) bond motifs is 1. The third-order valence-corrected chi connectivity index (χ3v) is 4.69. The molecule has 0 amide bonds. The van der Waals surface area contributed by atoms with Gasteiger partial charge in [0.1, 0.15) is 30.2 Å². The van der Waals surface area contributed by atoms with Crippen LogP contribution in [0.5, 0.6) is 0 Å². The molecular formula is C13H20N5O7P. The lowest BCUT2D eigenvalue weighted by Crippen LogP contribution is -2.39. The summed E-state index contributed by atoms with van der Waals surface area (Å²) in [5.41, 5.74) is 6.32. The summed E-state index contributed by atoms with van der Waals surface area (Å²) >= 11 is 0. The van der Waals surface area contributed by atoms with Gasteiger partial charge in [0.25, 0.3) is 0 Å². The molecule has 0 bridgehead atoms. The van der Waals surface area contributed by atoms with Crippen LogP contribution in [0.15, 0.2) is 12.7 Å². The van der Waals surface area contributed by atoms with Crippen LogP contribution in [0.1, 0.15) is 26.0 Å². The largest absolute Gasteiger partial charge is 0.469 e. The van der Waals surface area contributed by atoms with E-state index in [9.17, 15) is 14.8 Å². The highest BCUT2D eigenvalue weighted by Crippen LogP contribution is 2.43. The molecule has 1 fully saturated rings. The average molecular weight is 389 g/mol. The van der Waals surface area contributed by atoms with E-state index < -0.39 is 38.5 Å². The maximum absolute atomic E-state index is 11.2. The van der Waals surface area contributed by atoms with Gasteiger partial charge in [-0.1, -0.05) is 13.3 Å². The van der Waals surface area contributed by atoms with Crippen LogP contribution in [-0.2, 0) is 13.8 Å². The molecular weight excluding hydrogens is 369 g/mol. The number of aliphatic hydroxyl groups is 2. The third-order valence-electron chi connectivity index (χ3n) is 4.15. The minimum atomic E-state index is -4.80. The van der Waals surface area contributed by atoms with Crippen molar-refractivity contribution in [3.05, 3.63) is 12.7 Å². The summed E-state index contributed by atoms with van der Waals surface area (Å²) in [6.45, 7) is 1.79. The fourth-order valence-corrected chi connectivity index (χ4v) is 3.59. The number of hydrogen-bond donors (Lipinski definition) is 5. The standard InChI is InChI=1S/C13H20N5O7P/c1-2-3-6(25-26(21,22)23)10-8(19)9(20)13(24-10)18-5-17-7-11(14)15-4-16-12(7)18/h4-6,8-10,13,19-20H,2-3H2,1H3,(H2,14,15,16)(H2,21,22,23)/t6-,8-,9+,10+,13?/m0/s1. The van der Waals surface area contributed by atoms with E-state index in [0.717, 1.165) is 0 Å². The second kappa shape index (κ2) is 7.16. The first-order valence-electron chi connectivity index (χ1n) is 7.91. The number of nitrogens with zero attached hydrogens (tertiary/aromatic N) is 4. The van der Waals surface area contributed by atoms with E-state index in [1.165, 1.54) is 17.2 Å². The third kappa shape index (κ3) is 3.58. The molecule has 3 heterocycles. The highest BCUT2D eigenvalue weighted by Gasteiger charge is 2.49. The van der Waals surface area contributed by atoms with Gasteiger partial charge in [-0.3, -0.25) is 9.09 Å². The van der Waals surface area contributed by atoms with Crippen LogP contribution in [0.25, 0.3) is 11.2 Å². The van der Waals surface area contributed by atoms with Crippen LogP contribution >= 0.6 is 7.82 Å². The van der Waals surface area contributed by atoms with Crippen molar-refractivity contribution in [2.24, 2.45) is 0 Å². The fraction of sp³-hybridized carbons (Fsp3) is 0.615. The first-order valence-corrected chi connectivity index (χ1v) is 9.44. The molecule has 26 heavy (non-hydrogen) atoms. The van der Waals surface area contributed by atoms with E-state index >= 15 is 0 Å². The number of ether oxygens (including phenoxy) is 1. The molecule has 0 spiro atoms. The van der Waals surface area contributed by atoms with E-state index in [2.05, 4.69) is 15.0 Å².